The topological polar surface area (TPSA) is 54.9 Å². The molecule has 0 saturated heterocycles. The molecule has 0 spiro atoms. The SMILES string of the molecule is O=C(Nc1cnc(Cl)cn1)c1ccc(F)cc1Cl. The van der Waals surface area contributed by atoms with Gasteiger partial charge in [-0.1, -0.05) is 23.2 Å². The van der Waals surface area contributed by atoms with Gasteiger partial charge in [0.1, 0.15) is 11.0 Å². The number of rotatable bonds is 2. The van der Waals surface area contributed by atoms with E-state index in [0.717, 1.165) is 12.1 Å². The first-order valence-electron chi connectivity index (χ1n) is 4.80. The van der Waals surface area contributed by atoms with Gasteiger partial charge in [-0.2, -0.15) is 0 Å². The summed E-state index contributed by atoms with van der Waals surface area (Å²) in [5, 5.41) is 2.71. The molecule has 0 radical (unpaired) electrons. The smallest absolute Gasteiger partial charge is 0.258 e. The number of hydrogen-bond acceptors (Lipinski definition) is 3. The van der Waals surface area contributed by atoms with Crippen LogP contribution < -0.4 is 5.32 Å². The lowest BCUT2D eigenvalue weighted by molar-refractivity contribution is 0.102. The number of carbonyl (C=O) groups excluding carboxylic acids is 1. The average molecular weight is 286 g/mol. The minimum Gasteiger partial charge on any atom is -0.305 e. The molecule has 2 rings (SSSR count). The van der Waals surface area contributed by atoms with Crippen LogP contribution in [0.15, 0.2) is 30.6 Å². The van der Waals surface area contributed by atoms with Crippen molar-refractivity contribution >= 4 is 34.9 Å². The molecule has 18 heavy (non-hydrogen) atoms. The molecular formula is C11H6Cl2FN3O. The molecule has 0 atom stereocenters. The summed E-state index contributed by atoms with van der Waals surface area (Å²) in [6.07, 6.45) is 2.60. The van der Waals surface area contributed by atoms with Crippen LogP contribution in [-0.2, 0) is 0 Å². The van der Waals surface area contributed by atoms with Crippen LogP contribution in [0, 0.1) is 5.82 Å². The third-order valence-electron chi connectivity index (χ3n) is 2.04. The Bertz CT molecular complexity index is 589. The fourth-order valence-electron chi connectivity index (χ4n) is 1.23. The number of carbonyl (C=O) groups is 1. The number of nitrogens with one attached hydrogen (secondary N) is 1. The lowest BCUT2D eigenvalue weighted by atomic mass is 10.2. The highest BCUT2D eigenvalue weighted by atomic mass is 35.5. The van der Waals surface area contributed by atoms with Crippen LogP contribution in [-0.4, -0.2) is 15.9 Å². The van der Waals surface area contributed by atoms with E-state index in [-0.39, 0.29) is 21.6 Å². The number of aromatic nitrogens is 2. The number of benzene rings is 1. The summed E-state index contributed by atoms with van der Waals surface area (Å²) in [6, 6.07) is 3.49. The van der Waals surface area contributed by atoms with Crippen LogP contribution in [0.1, 0.15) is 10.4 Å². The molecule has 4 nitrogen and oxygen atoms in total. The molecule has 0 unspecified atom stereocenters. The quantitative estimate of drug-likeness (QED) is 0.922. The van der Waals surface area contributed by atoms with Gasteiger partial charge in [0.2, 0.25) is 0 Å². The molecule has 1 heterocycles. The summed E-state index contributed by atoms with van der Waals surface area (Å²) in [4.78, 5) is 19.4. The summed E-state index contributed by atoms with van der Waals surface area (Å²) in [7, 11) is 0. The standard InChI is InChI=1S/C11H6Cl2FN3O/c12-8-3-6(14)1-2-7(8)11(18)17-10-5-15-9(13)4-16-10/h1-5H,(H,16,17,18). The van der Waals surface area contributed by atoms with Crippen LogP contribution in [0.3, 0.4) is 0 Å². The second kappa shape index (κ2) is 5.29. The normalized spacial score (nSPS) is 10.2. The van der Waals surface area contributed by atoms with Gasteiger partial charge in [0.15, 0.2) is 5.82 Å². The van der Waals surface area contributed by atoms with E-state index in [9.17, 15) is 9.18 Å². The van der Waals surface area contributed by atoms with Crippen LogP contribution in [0.5, 0.6) is 0 Å². The lowest BCUT2D eigenvalue weighted by Crippen LogP contribution is -2.13. The predicted octanol–water partition coefficient (Wildman–Crippen LogP) is 3.17. The van der Waals surface area contributed by atoms with Gasteiger partial charge in [0, 0.05) is 0 Å². The maximum atomic E-state index is 12.8. The lowest BCUT2D eigenvalue weighted by Gasteiger charge is -2.05. The first kappa shape index (κ1) is 12.7. The molecule has 0 saturated carbocycles. The van der Waals surface area contributed by atoms with Gasteiger partial charge < -0.3 is 5.32 Å². The van der Waals surface area contributed by atoms with Crippen LogP contribution >= 0.6 is 23.2 Å². The van der Waals surface area contributed by atoms with Crippen molar-refractivity contribution in [2.24, 2.45) is 0 Å². The van der Waals surface area contributed by atoms with Crippen molar-refractivity contribution in [3.63, 3.8) is 0 Å². The molecule has 1 amide bonds. The molecule has 1 aromatic carbocycles. The maximum Gasteiger partial charge on any atom is 0.258 e. The zero-order chi connectivity index (χ0) is 13.1. The monoisotopic (exact) mass is 285 g/mol. The van der Waals surface area contributed by atoms with Gasteiger partial charge in [0.25, 0.3) is 5.91 Å². The third kappa shape index (κ3) is 2.94. The van der Waals surface area contributed by atoms with E-state index in [1.54, 1.807) is 0 Å². The van der Waals surface area contributed by atoms with Crippen molar-refractivity contribution in [1.82, 2.24) is 9.97 Å². The Balaban J connectivity index is 2.19. The van der Waals surface area contributed by atoms with Crippen LogP contribution in [0.4, 0.5) is 10.2 Å². The fraction of sp³-hybridized carbons (Fsp3) is 0. The Morgan fingerprint density at radius 2 is 2.00 bits per heavy atom. The second-order valence-electron chi connectivity index (χ2n) is 3.30. The molecule has 0 bridgehead atoms. The summed E-state index contributed by atoms with van der Waals surface area (Å²) in [5.41, 5.74) is 0.148. The molecule has 2 aromatic rings. The summed E-state index contributed by atoms with van der Waals surface area (Å²) in [5.74, 6) is -0.788. The third-order valence-corrected chi connectivity index (χ3v) is 2.55. The number of hydrogen-bond donors (Lipinski definition) is 1. The summed E-state index contributed by atoms with van der Waals surface area (Å²) >= 11 is 11.3. The van der Waals surface area contributed by atoms with E-state index in [4.69, 9.17) is 23.2 Å². The van der Waals surface area contributed by atoms with Crippen molar-refractivity contribution < 1.29 is 9.18 Å². The fourth-order valence-corrected chi connectivity index (χ4v) is 1.58. The Morgan fingerprint density at radius 3 is 2.61 bits per heavy atom. The van der Waals surface area contributed by atoms with Crippen LogP contribution in [0.2, 0.25) is 10.2 Å². The van der Waals surface area contributed by atoms with E-state index in [2.05, 4.69) is 15.3 Å². The zero-order valence-corrected chi connectivity index (χ0v) is 10.3. The van der Waals surface area contributed by atoms with E-state index < -0.39 is 11.7 Å². The first-order chi connectivity index (χ1) is 8.56. The van der Waals surface area contributed by atoms with Crippen molar-refractivity contribution in [3.05, 3.63) is 52.1 Å². The van der Waals surface area contributed by atoms with E-state index >= 15 is 0 Å². The molecule has 0 aliphatic heterocycles. The van der Waals surface area contributed by atoms with E-state index in [1.807, 2.05) is 0 Å². The Hall–Kier alpha value is -1.72. The zero-order valence-electron chi connectivity index (χ0n) is 8.82. The van der Waals surface area contributed by atoms with Crippen molar-refractivity contribution in [2.75, 3.05) is 5.32 Å². The Kier molecular flexibility index (Phi) is 3.74. The van der Waals surface area contributed by atoms with Gasteiger partial charge in [-0.25, -0.2) is 14.4 Å². The largest absolute Gasteiger partial charge is 0.305 e. The van der Waals surface area contributed by atoms with Gasteiger partial charge >= 0.3 is 0 Å². The molecule has 0 aliphatic carbocycles. The minimum absolute atomic E-state index is 0.0226. The molecule has 7 heteroatoms. The highest BCUT2D eigenvalue weighted by Crippen LogP contribution is 2.18. The summed E-state index contributed by atoms with van der Waals surface area (Å²) in [6.45, 7) is 0. The molecule has 1 N–H and O–H groups in total. The molecule has 1 aromatic heterocycles. The van der Waals surface area contributed by atoms with Crippen LogP contribution in [0.25, 0.3) is 0 Å². The van der Waals surface area contributed by atoms with Gasteiger partial charge in [-0.05, 0) is 18.2 Å². The number of amides is 1. The second-order valence-corrected chi connectivity index (χ2v) is 4.10. The Morgan fingerprint density at radius 1 is 1.22 bits per heavy atom. The number of halogens is 3. The molecular weight excluding hydrogens is 280 g/mol. The average Bonchev–Trinajstić information content (AvgIpc) is 2.32. The maximum absolute atomic E-state index is 12.8. The van der Waals surface area contributed by atoms with Gasteiger partial charge in [0.05, 0.1) is 23.0 Å². The first-order valence-corrected chi connectivity index (χ1v) is 5.56. The number of anilines is 1. The highest BCUT2D eigenvalue weighted by molar-refractivity contribution is 6.34. The molecule has 0 fully saturated rings. The predicted molar refractivity (Wildman–Crippen MR) is 66.4 cm³/mol. The Labute approximate surface area is 112 Å². The van der Waals surface area contributed by atoms with Crippen molar-refractivity contribution in [2.45, 2.75) is 0 Å². The molecule has 0 aliphatic rings. The van der Waals surface area contributed by atoms with E-state index in [0.29, 0.717) is 0 Å². The van der Waals surface area contributed by atoms with E-state index in [1.165, 1.54) is 18.5 Å². The van der Waals surface area contributed by atoms with Crippen molar-refractivity contribution in [3.8, 4) is 0 Å². The molecule has 92 valence electrons. The summed E-state index contributed by atoms with van der Waals surface area (Å²) < 4.78 is 12.8. The number of nitrogens with zero attached hydrogens (tertiary/aromatic N) is 2. The highest BCUT2D eigenvalue weighted by Gasteiger charge is 2.11. The minimum atomic E-state index is -0.511. The van der Waals surface area contributed by atoms with Gasteiger partial charge in [-0.3, -0.25) is 4.79 Å². The van der Waals surface area contributed by atoms with Gasteiger partial charge in [-0.15, -0.1) is 0 Å². The van der Waals surface area contributed by atoms with Crippen molar-refractivity contribution in [1.29, 1.82) is 0 Å².